The van der Waals surface area contributed by atoms with E-state index in [0.717, 1.165) is 0 Å². The molecule has 2 N–H and O–H groups in total. The van der Waals surface area contributed by atoms with Crippen molar-refractivity contribution in [2.75, 3.05) is 23.5 Å². The molecule has 28 heavy (non-hydrogen) atoms. The van der Waals surface area contributed by atoms with Gasteiger partial charge in [0.25, 0.3) is 5.91 Å². The molecule has 0 atom stereocenters. The minimum absolute atomic E-state index is 0.166. The Labute approximate surface area is 174 Å². The maximum absolute atomic E-state index is 12.2. The summed E-state index contributed by atoms with van der Waals surface area (Å²) in [6.45, 7) is 0. The summed E-state index contributed by atoms with van der Waals surface area (Å²) in [5.41, 5.74) is 1.03. The van der Waals surface area contributed by atoms with Crippen molar-refractivity contribution in [2.24, 2.45) is 0 Å². The summed E-state index contributed by atoms with van der Waals surface area (Å²) >= 11 is 8.43. The third kappa shape index (κ3) is 5.44. The Bertz CT molecular complexity index is 979. The zero-order chi connectivity index (χ0) is 19.9. The molecular formula is C18H15ClN4O3S2. The summed E-state index contributed by atoms with van der Waals surface area (Å²) in [7, 11) is 1.58. The SMILES string of the molecule is COc1ccc(NC(=O)CSc2nnc(NC(=O)c3ccccc3Cl)s2)cc1. The Kier molecular flexibility index (Phi) is 6.85. The van der Waals surface area contributed by atoms with Crippen molar-refractivity contribution in [1.82, 2.24) is 10.2 Å². The van der Waals surface area contributed by atoms with E-state index in [1.54, 1.807) is 55.6 Å². The highest BCUT2D eigenvalue weighted by molar-refractivity contribution is 8.01. The van der Waals surface area contributed by atoms with Crippen LogP contribution in [0.2, 0.25) is 5.02 Å². The minimum atomic E-state index is -0.365. The number of aromatic nitrogens is 2. The van der Waals surface area contributed by atoms with Crippen LogP contribution in [0.25, 0.3) is 0 Å². The number of nitrogens with zero attached hydrogens (tertiary/aromatic N) is 2. The third-order valence-corrected chi connectivity index (χ3v) is 5.75. The molecule has 0 unspecified atom stereocenters. The first-order chi connectivity index (χ1) is 13.5. The van der Waals surface area contributed by atoms with Gasteiger partial charge in [-0.2, -0.15) is 0 Å². The average molecular weight is 435 g/mol. The van der Waals surface area contributed by atoms with Gasteiger partial charge in [0.2, 0.25) is 11.0 Å². The number of hydrogen-bond acceptors (Lipinski definition) is 7. The van der Waals surface area contributed by atoms with Crippen LogP contribution in [-0.2, 0) is 4.79 Å². The third-order valence-electron chi connectivity index (χ3n) is 3.45. The number of ether oxygens (including phenoxy) is 1. The van der Waals surface area contributed by atoms with E-state index in [-0.39, 0.29) is 17.6 Å². The van der Waals surface area contributed by atoms with Crippen molar-refractivity contribution in [3.8, 4) is 5.75 Å². The normalized spacial score (nSPS) is 10.4. The second-order valence-electron chi connectivity index (χ2n) is 5.37. The lowest BCUT2D eigenvalue weighted by Crippen LogP contribution is -2.13. The fraction of sp³-hybridized carbons (Fsp3) is 0.111. The zero-order valence-corrected chi connectivity index (χ0v) is 17.0. The summed E-state index contributed by atoms with van der Waals surface area (Å²) < 4.78 is 5.64. The monoisotopic (exact) mass is 434 g/mol. The molecule has 1 aromatic heterocycles. The van der Waals surface area contributed by atoms with Crippen molar-refractivity contribution in [3.05, 3.63) is 59.1 Å². The molecular weight excluding hydrogens is 420 g/mol. The molecule has 0 spiro atoms. The Morgan fingerprint density at radius 2 is 1.86 bits per heavy atom. The summed E-state index contributed by atoms with van der Waals surface area (Å²) in [6, 6.07) is 13.8. The highest BCUT2D eigenvalue weighted by Crippen LogP contribution is 2.26. The Morgan fingerprint density at radius 1 is 1.11 bits per heavy atom. The first-order valence-corrected chi connectivity index (χ1v) is 10.2. The predicted molar refractivity (Wildman–Crippen MR) is 112 cm³/mol. The maximum Gasteiger partial charge on any atom is 0.259 e. The largest absolute Gasteiger partial charge is 0.497 e. The first kappa shape index (κ1) is 20.1. The number of methoxy groups -OCH3 is 1. The summed E-state index contributed by atoms with van der Waals surface area (Å²) in [5, 5.41) is 14.0. The Morgan fingerprint density at radius 3 is 2.57 bits per heavy atom. The van der Waals surface area contributed by atoms with Crippen LogP contribution in [0.5, 0.6) is 5.75 Å². The quantitative estimate of drug-likeness (QED) is 0.428. The fourth-order valence-corrected chi connectivity index (χ4v) is 3.90. The van der Waals surface area contributed by atoms with Crippen LogP contribution in [0.15, 0.2) is 52.9 Å². The number of rotatable bonds is 7. The number of hydrogen-bond donors (Lipinski definition) is 2. The lowest BCUT2D eigenvalue weighted by atomic mass is 10.2. The first-order valence-electron chi connectivity index (χ1n) is 8.01. The molecule has 0 aliphatic carbocycles. The molecule has 0 saturated carbocycles. The number of nitrogens with one attached hydrogen (secondary N) is 2. The van der Waals surface area contributed by atoms with Crippen LogP contribution in [0, 0.1) is 0 Å². The van der Waals surface area contributed by atoms with E-state index >= 15 is 0 Å². The smallest absolute Gasteiger partial charge is 0.259 e. The molecule has 2 amide bonds. The van der Waals surface area contributed by atoms with Gasteiger partial charge in [0.05, 0.1) is 23.4 Å². The molecule has 3 rings (SSSR count). The van der Waals surface area contributed by atoms with E-state index in [4.69, 9.17) is 16.3 Å². The van der Waals surface area contributed by atoms with Crippen molar-refractivity contribution in [3.63, 3.8) is 0 Å². The second-order valence-corrected chi connectivity index (χ2v) is 7.98. The van der Waals surface area contributed by atoms with Gasteiger partial charge >= 0.3 is 0 Å². The van der Waals surface area contributed by atoms with E-state index in [1.807, 2.05) is 0 Å². The van der Waals surface area contributed by atoms with Crippen LogP contribution < -0.4 is 15.4 Å². The molecule has 144 valence electrons. The van der Waals surface area contributed by atoms with E-state index in [0.29, 0.717) is 31.5 Å². The number of thioether (sulfide) groups is 1. The van der Waals surface area contributed by atoms with Gasteiger partial charge in [0, 0.05) is 5.69 Å². The lowest BCUT2D eigenvalue weighted by molar-refractivity contribution is -0.113. The fourth-order valence-electron chi connectivity index (χ4n) is 2.13. The molecule has 0 radical (unpaired) electrons. The van der Waals surface area contributed by atoms with Crippen molar-refractivity contribution >= 4 is 57.3 Å². The highest BCUT2D eigenvalue weighted by atomic mass is 35.5. The molecule has 2 aromatic carbocycles. The molecule has 1 heterocycles. The van der Waals surface area contributed by atoms with Gasteiger partial charge in [-0.15, -0.1) is 10.2 Å². The van der Waals surface area contributed by atoms with E-state index in [2.05, 4.69) is 20.8 Å². The maximum atomic E-state index is 12.2. The predicted octanol–water partition coefficient (Wildman–Crippen LogP) is 4.18. The van der Waals surface area contributed by atoms with Crippen LogP contribution in [0.1, 0.15) is 10.4 Å². The number of carbonyl (C=O) groups is 2. The molecule has 10 heteroatoms. The molecule has 3 aromatic rings. The standard InChI is InChI=1S/C18H15ClN4O3S2/c1-26-12-8-6-11(7-9-12)20-15(24)10-27-18-23-22-17(28-18)21-16(25)13-4-2-3-5-14(13)19/h2-9H,10H2,1H3,(H,20,24)(H,21,22,25). The van der Waals surface area contributed by atoms with Crippen molar-refractivity contribution in [1.29, 1.82) is 0 Å². The number of carbonyl (C=O) groups excluding carboxylic acids is 2. The van der Waals surface area contributed by atoms with Gasteiger partial charge in [0.15, 0.2) is 4.34 Å². The molecule has 7 nitrogen and oxygen atoms in total. The van der Waals surface area contributed by atoms with E-state index in [1.165, 1.54) is 23.1 Å². The Balaban J connectivity index is 1.50. The molecule has 0 aliphatic heterocycles. The highest BCUT2D eigenvalue weighted by Gasteiger charge is 2.14. The number of halogens is 1. The topological polar surface area (TPSA) is 93.2 Å². The molecule has 0 aliphatic rings. The number of anilines is 2. The average Bonchev–Trinajstić information content (AvgIpc) is 3.14. The molecule has 0 saturated heterocycles. The summed E-state index contributed by atoms with van der Waals surface area (Å²) in [6.07, 6.45) is 0. The van der Waals surface area contributed by atoms with Crippen molar-refractivity contribution in [2.45, 2.75) is 4.34 Å². The number of benzene rings is 2. The minimum Gasteiger partial charge on any atom is -0.497 e. The molecule has 0 fully saturated rings. The van der Waals surface area contributed by atoms with Gasteiger partial charge in [-0.05, 0) is 36.4 Å². The summed E-state index contributed by atoms with van der Waals surface area (Å²) in [5.74, 6) is 0.342. The van der Waals surface area contributed by atoms with Crippen molar-refractivity contribution < 1.29 is 14.3 Å². The van der Waals surface area contributed by atoms with Gasteiger partial charge in [-0.3, -0.25) is 14.9 Å². The molecule has 0 bridgehead atoms. The van der Waals surface area contributed by atoms with Gasteiger partial charge in [0.1, 0.15) is 5.75 Å². The second kappa shape index (κ2) is 9.54. The van der Waals surface area contributed by atoms with Crippen LogP contribution in [0.4, 0.5) is 10.8 Å². The van der Waals surface area contributed by atoms with Gasteiger partial charge in [-0.1, -0.05) is 46.8 Å². The lowest BCUT2D eigenvalue weighted by Gasteiger charge is -2.05. The number of amides is 2. The van der Waals surface area contributed by atoms with E-state index in [9.17, 15) is 9.59 Å². The van der Waals surface area contributed by atoms with Gasteiger partial charge in [-0.25, -0.2) is 0 Å². The summed E-state index contributed by atoms with van der Waals surface area (Å²) in [4.78, 5) is 24.3. The van der Waals surface area contributed by atoms with Crippen LogP contribution >= 0.6 is 34.7 Å². The van der Waals surface area contributed by atoms with E-state index < -0.39 is 0 Å². The van der Waals surface area contributed by atoms with Crippen LogP contribution in [-0.4, -0.2) is 34.9 Å². The van der Waals surface area contributed by atoms with Crippen LogP contribution in [0.3, 0.4) is 0 Å². The zero-order valence-electron chi connectivity index (χ0n) is 14.6. The van der Waals surface area contributed by atoms with Gasteiger partial charge < -0.3 is 10.1 Å². The Hall–Kier alpha value is -2.62.